The molecular formula is C19H25N5O2. The number of hydrogen-bond acceptors (Lipinski definition) is 4. The number of carbonyl (C=O) groups excluding carboxylic acids is 2. The second-order valence-corrected chi connectivity index (χ2v) is 7.04. The van der Waals surface area contributed by atoms with Gasteiger partial charge in [0, 0.05) is 48.6 Å². The van der Waals surface area contributed by atoms with Crippen molar-refractivity contribution in [3.63, 3.8) is 0 Å². The number of aromatic amines is 1. The molecule has 0 saturated carbocycles. The molecule has 0 bridgehead atoms. The lowest BCUT2D eigenvalue weighted by molar-refractivity contribution is 0.0948. The summed E-state index contributed by atoms with van der Waals surface area (Å²) in [7, 11) is 0. The quantitative estimate of drug-likeness (QED) is 0.659. The maximum atomic E-state index is 12.6. The molecule has 1 aromatic heterocycles. The lowest BCUT2D eigenvalue weighted by Gasteiger charge is -2.14. The highest BCUT2D eigenvalue weighted by Crippen LogP contribution is 2.20. The van der Waals surface area contributed by atoms with E-state index in [1.54, 1.807) is 18.2 Å². The topological polar surface area (TPSA) is 98.9 Å². The average Bonchev–Trinajstić information content (AvgIpc) is 3.05. The van der Waals surface area contributed by atoms with Gasteiger partial charge in [-0.3, -0.25) is 14.7 Å². The zero-order valence-corrected chi connectivity index (χ0v) is 15.4. The summed E-state index contributed by atoms with van der Waals surface area (Å²) < 4.78 is 0. The minimum atomic E-state index is -0.244. The second-order valence-electron chi connectivity index (χ2n) is 7.04. The Morgan fingerprint density at radius 2 is 2.08 bits per heavy atom. The number of nitrogens with zero attached hydrogens (tertiary/aromatic N) is 1. The molecule has 0 spiro atoms. The van der Waals surface area contributed by atoms with Crippen LogP contribution in [0.5, 0.6) is 0 Å². The Morgan fingerprint density at radius 3 is 2.81 bits per heavy atom. The van der Waals surface area contributed by atoms with Crippen LogP contribution in [0.15, 0.2) is 18.2 Å². The molecule has 2 heterocycles. The Labute approximate surface area is 153 Å². The van der Waals surface area contributed by atoms with Gasteiger partial charge in [0.15, 0.2) is 5.69 Å². The van der Waals surface area contributed by atoms with E-state index in [1.165, 1.54) is 0 Å². The van der Waals surface area contributed by atoms with Gasteiger partial charge >= 0.3 is 0 Å². The molecule has 138 valence electrons. The van der Waals surface area contributed by atoms with Crippen molar-refractivity contribution in [1.29, 1.82) is 0 Å². The Morgan fingerprint density at radius 1 is 1.27 bits per heavy atom. The number of aryl methyl sites for hydroxylation is 1. The molecule has 1 aliphatic rings. The highest BCUT2D eigenvalue weighted by molar-refractivity contribution is 6.05. The highest BCUT2D eigenvalue weighted by Gasteiger charge is 2.22. The smallest absolute Gasteiger partial charge is 0.276 e. The first kappa shape index (κ1) is 18.1. The maximum Gasteiger partial charge on any atom is 0.276 e. The molecule has 4 N–H and O–H groups in total. The fourth-order valence-corrected chi connectivity index (χ4v) is 2.94. The SMILES string of the molecule is Cc1cc(C(=O)NCC(C)C)ccc1NC(=O)c1n[nH]c2c1CNCC2. The largest absolute Gasteiger partial charge is 0.352 e. The van der Waals surface area contributed by atoms with Gasteiger partial charge in [-0.2, -0.15) is 5.10 Å². The molecule has 1 aromatic carbocycles. The fourth-order valence-electron chi connectivity index (χ4n) is 2.94. The Bertz CT molecular complexity index is 825. The van der Waals surface area contributed by atoms with Crippen LogP contribution in [-0.2, 0) is 13.0 Å². The molecule has 26 heavy (non-hydrogen) atoms. The molecule has 7 nitrogen and oxygen atoms in total. The summed E-state index contributed by atoms with van der Waals surface area (Å²) in [5, 5.41) is 16.2. The van der Waals surface area contributed by atoms with Crippen LogP contribution < -0.4 is 16.0 Å². The highest BCUT2D eigenvalue weighted by atomic mass is 16.2. The molecule has 1 aliphatic heterocycles. The Kier molecular flexibility index (Phi) is 5.37. The number of carbonyl (C=O) groups is 2. The summed E-state index contributed by atoms with van der Waals surface area (Å²) in [6.07, 6.45) is 0.842. The normalized spacial score (nSPS) is 13.4. The van der Waals surface area contributed by atoms with Gasteiger partial charge in [-0.25, -0.2) is 0 Å². The first-order chi connectivity index (χ1) is 12.5. The second kappa shape index (κ2) is 7.70. The average molecular weight is 355 g/mol. The van der Waals surface area contributed by atoms with E-state index in [4.69, 9.17) is 0 Å². The van der Waals surface area contributed by atoms with Crippen molar-refractivity contribution in [1.82, 2.24) is 20.8 Å². The van der Waals surface area contributed by atoms with Crippen LogP contribution in [0, 0.1) is 12.8 Å². The number of nitrogens with one attached hydrogen (secondary N) is 4. The van der Waals surface area contributed by atoms with Crippen LogP contribution in [0.25, 0.3) is 0 Å². The van der Waals surface area contributed by atoms with Crippen LogP contribution in [0.2, 0.25) is 0 Å². The number of rotatable bonds is 5. The third kappa shape index (κ3) is 3.94. The van der Waals surface area contributed by atoms with Gasteiger partial charge < -0.3 is 16.0 Å². The van der Waals surface area contributed by atoms with Crippen LogP contribution >= 0.6 is 0 Å². The van der Waals surface area contributed by atoms with Gasteiger partial charge in [0.25, 0.3) is 11.8 Å². The monoisotopic (exact) mass is 355 g/mol. The standard InChI is InChI=1S/C19H25N5O2/c1-11(2)9-21-18(25)13-4-5-15(12(3)8-13)22-19(26)17-14-10-20-7-6-16(14)23-24-17/h4-5,8,11,20H,6-7,9-10H2,1-3H3,(H,21,25)(H,22,26)(H,23,24). The molecule has 0 atom stereocenters. The van der Waals surface area contributed by atoms with Crippen LogP contribution in [0.3, 0.4) is 0 Å². The summed E-state index contributed by atoms with van der Waals surface area (Å²) in [5.74, 6) is 0.0475. The van der Waals surface area contributed by atoms with E-state index in [2.05, 4.69) is 26.1 Å². The number of aromatic nitrogens is 2. The molecule has 0 aliphatic carbocycles. The number of hydrogen-bond donors (Lipinski definition) is 4. The molecule has 7 heteroatoms. The van der Waals surface area contributed by atoms with E-state index < -0.39 is 0 Å². The van der Waals surface area contributed by atoms with E-state index in [9.17, 15) is 9.59 Å². The molecule has 0 radical (unpaired) electrons. The van der Waals surface area contributed by atoms with Crippen LogP contribution in [0.4, 0.5) is 5.69 Å². The third-order valence-electron chi connectivity index (χ3n) is 4.43. The summed E-state index contributed by atoms with van der Waals surface area (Å²) >= 11 is 0. The van der Waals surface area contributed by atoms with Crippen molar-refractivity contribution < 1.29 is 9.59 Å². The van der Waals surface area contributed by atoms with Crippen molar-refractivity contribution in [3.05, 3.63) is 46.3 Å². The predicted molar refractivity (Wildman–Crippen MR) is 100 cm³/mol. The maximum absolute atomic E-state index is 12.6. The minimum absolute atomic E-state index is 0.105. The van der Waals surface area contributed by atoms with E-state index in [0.717, 1.165) is 29.8 Å². The Balaban J connectivity index is 1.71. The molecule has 2 aromatic rings. The fraction of sp³-hybridized carbons (Fsp3) is 0.421. The minimum Gasteiger partial charge on any atom is -0.352 e. The Hall–Kier alpha value is -2.67. The number of H-pyrrole nitrogens is 1. The molecule has 2 amide bonds. The zero-order valence-electron chi connectivity index (χ0n) is 15.4. The first-order valence-corrected chi connectivity index (χ1v) is 8.92. The molecular weight excluding hydrogens is 330 g/mol. The summed E-state index contributed by atoms with van der Waals surface area (Å²) in [6, 6.07) is 5.27. The molecule has 0 fully saturated rings. The van der Waals surface area contributed by atoms with Gasteiger partial charge in [0.1, 0.15) is 0 Å². The molecule has 0 unspecified atom stereocenters. The lowest BCUT2D eigenvalue weighted by Crippen LogP contribution is -2.27. The lowest BCUT2D eigenvalue weighted by atomic mass is 10.1. The first-order valence-electron chi connectivity index (χ1n) is 8.92. The van der Waals surface area contributed by atoms with Crippen molar-refractivity contribution in [2.45, 2.75) is 33.7 Å². The van der Waals surface area contributed by atoms with Crippen molar-refractivity contribution in [2.75, 3.05) is 18.4 Å². The number of benzene rings is 1. The predicted octanol–water partition coefficient (Wildman–Crippen LogP) is 2.00. The van der Waals surface area contributed by atoms with Gasteiger partial charge in [0.2, 0.25) is 0 Å². The van der Waals surface area contributed by atoms with E-state index in [-0.39, 0.29) is 11.8 Å². The van der Waals surface area contributed by atoms with E-state index >= 15 is 0 Å². The van der Waals surface area contributed by atoms with Gasteiger partial charge in [-0.1, -0.05) is 13.8 Å². The van der Waals surface area contributed by atoms with Crippen molar-refractivity contribution in [2.24, 2.45) is 5.92 Å². The van der Waals surface area contributed by atoms with E-state index in [0.29, 0.717) is 36.0 Å². The van der Waals surface area contributed by atoms with Crippen LogP contribution in [-0.4, -0.2) is 35.1 Å². The molecule has 3 rings (SSSR count). The van der Waals surface area contributed by atoms with Crippen molar-refractivity contribution in [3.8, 4) is 0 Å². The van der Waals surface area contributed by atoms with E-state index in [1.807, 2.05) is 20.8 Å². The third-order valence-corrected chi connectivity index (χ3v) is 4.43. The number of anilines is 1. The van der Waals surface area contributed by atoms with Crippen LogP contribution in [0.1, 0.15) is 51.5 Å². The number of amides is 2. The van der Waals surface area contributed by atoms with Crippen molar-refractivity contribution >= 4 is 17.5 Å². The summed E-state index contributed by atoms with van der Waals surface area (Å²) in [6.45, 7) is 8.13. The molecule has 0 saturated heterocycles. The zero-order chi connectivity index (χ0) is 18.7. The summed E-state index contributed by atoms with van der Waals surface area (Å²) in [5.41, 5.74) is 4.46. The number of fused-ring (bicyclic) bond motifs is 1. The summed E-state index contributed by atoms with van der Waals surface area (Å²) in [4.78, 5) is 24.8. The van der Waals surface area contributed by atoms with Gasteiger partial charge in [-0.15, -0.1) is 0 Å². The van der Waals surface area contributed by atoms with Gasteiger partial charge in [-0.05, 0) is 36.6 Å². The van der Waals surface area contributed by atoms with Gasteiger partial charge in [0.05, 0.1) is 0 Å².